The maximum absolute atomic E-state index is 9.29. The first-order chi connectivity index (χ1) is 10.2. The van der Waals surface area contributed by atoms with E-state index >= 15 is 0 Å². The Hall–Kier alpha value is -2.26. The molecule has 0 bridgehead atoms. The summed E-state index contributed by atoms with van der Waals surface area (Å²) in [6.45, 7) is 5.70. The van der Waals surface area contributed by atoms with Crippen molar-refractivity contribution in [2.45, 2.75) is 6.92 Å². The molecular weight excluding hydrogens is 268 g/mol. The average molecular weight is 288 g/mol. The van der Waals surface area contributed by atoms with Gasteiger partial charge in [0.15, 0.2) is 11.5 Å². The smallest absolute Gasteiger partial charge is 0.162 e. The van der Waals surface area contributed by atoms with E-state index in [1.165, 1.54) is 0 Å². The number of nitrogens with zero attached hydrogens (tertiary/aromatic N) is 3. The van der Waals surface area contributed by atoms with Crippen molar-refractivity contribution in [2.75, 3.05) is 40.4 Å². The minimum Gasteiger partial charge on any atom is -0.493 e. The van der Waals surface area contributed by atoms with Crippen molar-refractivity contribution in [3.63, 3.8) is 0 Å². The summed E-state index contributed by atoms with van der Waals surface area (Å²) in [7, 11) is 3.12. The van der Waals surface area contributed by atoms with Crippen LogP contribution in [-0.2, 0) is 0 Å². The molecule has 6 nitrogen and oxygen atoms in total. The normalized spacial score (nSPS) is 15.5. The molecule has 1 aliphatic heterocycles. The van der Waals surface area contributed by atoms with Crippen LogP contribution in [0.5, 0.6) is 11.5 Å². The van der Waals surface area contributed by atoms with Crippen molar-refractivity contribution in [2.24, 2.45) is 4.99 Å². The molecule has 112 valence electrons. The third-order valence-electron chi connectivity index (χ3n) is 3.48. The minimum absolute atomic E-state index is 0.474. The van der Waals surface area contributed by atoms with Crippen LogP contribution in [0, 0.1) is 11.3 Å². The average Bonchev–Trinajstić information content (AvgIpc) is 2.55. The van der Waals surface area contributed by atoms with Gasteiger partial charge in [0.1, 0.15) is 11.9 Å². The van der Waals surface area contributed by atoms with Crippen LogP contribution in [0.4, 0.5) is 5.69 Å². The second kappa shape index (κ2) is 6.95. The summed E-state index contributed by atoms with van der Waals surface area (Å²) in [5.74, 6) is 2.01. The topological polar surface area (TPSA) is 69.9 Å². The number of nitrogens with one attached hydrogen (secondary N) is 1. The predicted molar refractivity (Wildman–Crippen MR) is 81.5 cm³/mol. The first-order valence-corrected chi connectivity index (χ1v) is 6.86. The summed E-state index contributed by atoms with van der Waals surface area (Å²) in [5.41, 5.74) is 1.08. The van der Waals surface area contributed by atoms with Gasteiger partial charge in [-0.3, -0.25) is 0 Å². The molecule has 1 saturated heterocycles. The Morgan fingerprint density at radius 2 is 1.86 bits per heavy atom. The van der Waals surface area contributed by atoms with Crippen molar-refractivity contribution in [1.82, 2.24) is 10.2 Å². The van der Waals surface area contributed by atoms with Crippen LogP contribution in [0.2, 0.25) is 0 Å². The van der Waals surface area contributed by atoms with E-state index in [0.717, 1.165) is 32.0 Å². The monoisotopic (exact) mass is 288 g/mol. The largest absolute Gasteiger partial charge is 0.493 e. The van der Waals surface area contributed by atoms with Gasteiger partial charge in [-0.25, -0.2) is 4.99 Å². The summed E-state index contributed by atoms with van der Waals surface area (Å²) >= 11 is 0. The van der Waals surface area contributed by atoms with Gasteiger partial charge in [0, 0.05) is 38.3 Å². The number of hydrogen-bond acceptors (Lipinski definition) is 5. The van der Waals surface area contributed by atoms with Crippen molar-refractivity contribution in [3.05, 3.63) is 17.7 Å². The van der Waals surface area contributed by atoms with Crippen LogP contribution in [0.3, 0.4) is 0 Å². The van der Waals surface area contributed by atoms with E-state index in [-0.39, 0.29) is 0 Å². The molecule has 1 aromatic rings. The summed E-state index contributed by atoms with van der Waals surface area (Å²) in [6, 6.07) is 5.55. The van der Waals surface area contributed by atoms with Crippen LogP contribution in [-0.4, -0.2) is 51.1 Å². The Bertz CT molecular complexity index is 572. The SMILES string of the molecule is COc1cc(C#N)c(N=C(C)N2CCNCC2)cc1OC. The van der Waals surface area contributed by atoms with Gasteiger partial charge in [0.25, 0.3) is 0 Å². The summed E-state index contributed by atoms with van der Waals surface area (Å²) < 4.78 is 10.5. The van der Waals surface area contributed by atoms with Gasteiger partial charge < -0.3 is 19.7 Å². The number of amidine groups is 1. The molecule has 1 aromatic carbocycles. The molecule has 0 unspecified atom stereocenters. The highest BCUT2D eigenvalue weighted by molar-refractivity contribution is 5.84. The van der Waals surface area contributed by atoms with Gasteiger partial charge in [-0.1, -0.05) is 0 Å². The van der Waals surface area contributed by atoms with E-state index in [2.05, 4.69) is 21.3 Å². The molecule has 0 amide bonds. The minimum atomic E-state index is 0.474. The Kier molecular flexibility index (Phi) is 5.01. The molecule has 1 N–H and O–H groups in total. The van der Waals surface area contributed by atoms with Gasteiger partial charge in [-0.15, -0.1) is 0 Å². The zero-order chi connectivity index (χ0) is 15.2. The number of piperazine rings is 1. The van der Waals surface area contributed by atoms with Crippen molar-refractivity contribution >= 4 is 11.5 Å². The summed E-state index contributed by atoms with van der Waals surface area (Å²) in [4.78, 5) is 6.80. The number of ether oxygens (including phenoxy) is 2. The molecule has 0 saturated carbocycles. The number of hydrogen-bond donors (Lipinski definition) is 1. The fourth-order valence-corrected chi connectivity index (χ4v) is 2.28. The molecule has 1 heterocycles. The molecule has 0 radical (unpaired) electrons. The van der Waals surface area contributed by atoms with Crippen molar-refractivity contribution < 1.29 is 9.47 Å². The molecule has 1 fully saturated rings. The predicted octanol–water partition coefficient (Wildman–Crippen LogP) is 1.53. The Balaban J connectivity index is 2.35. The van der Waals surface area contributed by atoms with E-state index in [1.54, 1.807) is 26.4 Å². The zero-order valence-corrected chi connectivity index (χ0v) is 12.6. The third-order valence-corrected chi connectivity index (χ3v) is 3.48. The van der Waals surface area contributed by atoms with Gasteiger partial charge in [0.05, 0.1) is 25.5 Å². The van der Waals surface area contributed by atoms with Gasteiger partial charge >= 0.3 is 0 Å². The molecule has 6 heteroatoms. The number of aliphatic imine (C=N–C) groups is 1. The second-order valence-corrected chi connectivity index (χ2v) is 4.73. The molecule has 0 atom stereocenters. The molecule has 0 aromatic heterocycles. The van der Waals surface area contributed by atoms with Gasteiger partial charge in [0.2, 0.25) is 0 Å². The number of methoxy groups -OCH3 is 2. The lowest BCUT2D eigenvalue weighted by Gasteiger charge is -2.28. The van der Waals surface area contributed by atoms with E-state index in [9.17, 15) is 5.26 Å². The van der Waals surface area contributed by atoms with E-state index < -0.39 is 0 Å². The molecule has 21 heavy (non-hydrogen) atoms. The summed E-state index contributed by atoms with van der Waals surface area (Å²) in [5, 5.41) is 12.6. The van der Waals surface area contributed by atoms with Crippen LogP contribution < -0.4 is 14.8 Å². The Morgan fingerprint density at radius 3 is 2.43 bits per heavy atom. The van der Waals surface area contributed by atoms with Crippen LogP contribution >= 0.6 is 0 Å². The fourth-order valence-electron chi connectivity index (χ4n) is 2.28. The highest BCUT2D eigenvalue weighted by atomic mass is 16.5. The van der Waals surface area contributed by atoms with Crippen LogP contribution in [0.25, 0.3) is 0 Å². The van der Waals surface area contributed by atoms with Crippen molar-refractivity contribution in [1.29, 1.82) is 5.26 Å². The van der Waals surface area contributed by atoms with Crippen LogP contribution in [0.15, 0.2) is 17.1 Å². The lowest BCUT2D eigenvalue weighted by atomic mass is 10.1. The first kappa shape index (κ1) is 15.1. The maximum Gasteiger partial charge on any atom is 0.162 e. The third kappa shape index (κ3) is 3.44. The standard InChI is InChI=1S/C15H20N4O2/c1-11(19-6-4-17-5-7-19)18-13-9-15(21-3)14(20-2)8-12(13)10-16/h8-9,17H,4-7H2,1-3H3. The molecular formula is C15H20N4O2. The number of nitriles is 1. The Labute approximate surface area is 125 Å². The highest BCUT2D eigenvalue weighted by Crippen LogP contribution is 2.34. The van der Waals surface area contributed by atoms with Crippen molar-refractivity contribution in [3.8, 4) is 17.6 Å². The molecule has 1 aliphatic rings. The van der Waals surface area contributed by atoms with E-state index in [4.69, 9.17) is 9.47 Å². The highest BCUT2D eigenvalue weighted by Gasteiger charge is 2.14. The quantitative estimate of drug-likeness (QED) is 0.674. The van der Waals surface area contributed by atoms with Gasteiger partial charge in [-0.05, 0) is 6.92 Å². The van der Waals surface area contributed by atoms with Crippen LogP contribution in [0.1, 0.15) is 12.5 Å². The lowest BCUT2D eigenvalue weighted by molar-refractivity contribution is 0.354. The number of rotatable bonds is 3. The molecule has 0 spiro atoms. The molecule has 2 rings (SSSR count). The lowest BCUT2D eigenvalue weighted by Crippen LogP contribution is -2.45. The van der Waals surface area contributed by atoms with E-state index in [0.29, 0.717) is 22.7 Å². The second-order valence-electron chi connectivity index (χ2n) is 4.73. The Morgan fingerprint density at radius 1 is 1.24 bits per heavy atom. The molecule has 0 aliphatic carbocycles. The first-order valence-electron chi connectivity index (χ1n) is 6.86. The zero-order valence-electron chi connectivity index (χ0n) is 12.6. The van der Waals surface area contributed by atoms with E-state index in [1.807, 2.05) is 6.92 Å². The van der Waals surface area contributed by atoms with Gasteiger partial charge in [-0.2, -0.15) is 5.26 Å². The number of benzene rings is 1. The maximum atomic E-state index is 9.29. The summed E-state index contributed by atoms with van der Waals surface area (Å²) in [6.07, 6.45) is 0. The fraction of sp³-hybridized carbons (Fsp3) is 0.467.